The maximum atomic E-state index is 11.4. The molecule has 6 heteroatoms. The summed E-state index contributed by atoms with van der Waals surface area (Å²) in [4.78, 5) is 23.5. The van der Waals surface area contributed by atoms with E-state index in [0.717, 1.165) is 0 Å². The Bertz CT molecular complexity index is 284. The van der Waals surface area contributed by atoms with Crippen LogP contribution >= 0.6 is 0 Å². The SMILES string of the molecule is CC(CC#N)N(C)C(C)C(=O)NC(N)=O. The number of urea groups is 1. The highest BCUT2D eigenvalue weighted by Crippen LogP contribution is 2.05. The fraction of sp³-hybridized carbons (Fsp3) is 0.667. The van der Waals surface area contributed by atoms with Crippen LogP contribution < -0.4 is 11.1 Å². The number of carbonyl (C=O) groups excluding carboxylic acids is 2. The first-order chi connectivity index (χ1) is 6.90. The van der Waals surface area contributed by atoms with Gasteiger partial charge in [-0.05, 0) is 20.9 Å². The van der Waals surface area contributed by atoms with Gasteiger partial charge >= 0.3 is 6.03 Å². The van der Waals surface area contributed by atoms with Gasteiger partial charge in [0.05, 0.1) is 18.5 Å². The minimum atomic E-state index is -0.867. The smallest absolute Gasteiger partial charge is 0.318 e. The zero-order valence-electron chi connectivity index (χ0n) is 9.15. The molecule has 0 aromatic heterocycles. The van der Waals surface area contributed by atoms with Gasteiger partial charge in [-0.1, -0.05) is 0 Å². The van der Waals surface area contributed by atoms with Crippen LogP contribution in [0.2, 0.25) is 0 Å². The normalized spacial score (nSPS) is 14.1. The van der Waals surface area contributed by atoms with E-state index in [-0.39, 0.29) is 6.04 Å². The van der Waals surface area contributed by atoms with Crippen molar-refractivity contribution in [2.24, 2.45) is 5.73 Å². The molecule has 2 atom stereocenters. The minimum Gasteiger partial charge on any atom is -0.351 e. The van der Waals surface area contributed by atoms with Gasteiger partial charge in [0.15, 0.2) is 0 Å². The molecular formula is C9H16N4O2. The summed E-state index contributed by atoms with van der Waals surface area (Å²) < 4.78 is 0. The van der Waals surface area contributed by atoms with E-state index < -0.39 is 18.0 Å². The molecule has 2 unspecified atom stereocenters. The molecule has 15 heavy (non-hydrogen) atoms. The third kappa shape index (κ3) is 4.42. The quantitative estimate of drug-likeness (QED) is 0.674. The van der Waals surface area contributed by atoms with Crippen molar-refractivity contribution in [3.8, 4) is 6.07 Å². The minimum absolute atomic E-state index is 0.0522. The third-order valence-electron chi connectivity index (χ3n) is 2.32. The van der Waals surface area contributed by atoms with Crippen molar-refractivity contribution >= 4 is 11.9 Å². The maximum Gasteiger partial charge on any atom is 0.318 e. The highest BCUT2D eigenvalue weighted by molar-refractivity contribution is 5.96. The first kappa shape index (κ1) is 13.4. The Hall–Kier alpha value is -1.61. The fourth-order valence-corrected chi connectivity index (χ4v) is 1.07. The number of rotatable bonds is 4. The monoisotopic (exact) mass is 212 g/mol. The molecule has 0 aromatic carbocycles. The molecule has 0 radical (unpaired) electrons. The molecule has 0 heterocycles. The number of hydrogen-bond donors (Lipinski definition) is 2. The van der Waals surface area contributed by atoms with E-state index >= 15 is 0 Å². The van der Waals surface area contributed by atoms with E-state index in [2.05, 4.69) is 0 Å². The van der Waals surface area contributed by atoms with Crippen LogP contribution in [-0.2, 0) is 4.79 Å². The van der Waals surface area contributed by atoms with Crippen LogP contribution in [0.15, 0.2) is 0 Å². The predicted octanol–water partition coefficient (Wildman–Crippen LogP) is -0.196. The van der Waals surface area contributed by atoms with Gasteiger partial charge in [-0.25, -0.2) is 4.79 Å². The first-order valence-electron chi connectivity index (χ1n) is 4.59. The van der Waals surface area contributed by atoms with Gasteiger partial charge in [0.2, 0.25) is 5.91 Å². The summed E-state index contributed by atoms with van der Waals surface area (Å²) in [7, 11) is 1.72. The number of nitrogens with one attached hydrogen (secondary N) is 1. The number of nitrogens with zero attached hydrogens (tertiary/aromatic N) is 2. The van der Waals surface area contributed by atoms with Gasteiger partial charge in [0.1, 0.15) is 0 Å². The van der Waals surface area contributed by atoms with Crippen molar-refractivity contribution < 1.29 is 9.59 Å². The van der Waals surface area contributed by atoms with E-state index in [9.17, 15) is 9.59 Å². The van der Waals surface area contributed by atoms with Crippen LogP contribution in [0.25, 0.3) is 0 Å². The summed E-state index contributed by atoms with van der Waals surface area (Å²) in [5.41, 5.74) is 4.82. The fourth-order valence-electron chi connectivity index (χ4n) is 1.07. The molecule has 0 saturated carbocycles. The second kappa shape index (κ2) is 5.98. The average Bonchev–Trinajstić information content (AvgIpc) is 2.14. The molecule has 6 nitrogen and oxygen atoms in total. The molecular weight excluding hydrogens is 196 g/mol. The molecule has 0 aliphatic heterocycles. The number of carbonyl (C=O) groups is 2. The van der Waals surface area contributed by atoms with E-state index in [0.29, 0.717) is 6.42 Å². The molecule has 0 rings (SSSR count). The summed E-state index contributed by atoms with van der Waals surface area (Å²) in [5.74, 6) is -0.463. The number of primary amides is 1. The summed E-state index contributed by atoms with van der Waals surface area (Å²) in [6.45, 7) is 3.48. The van der Waals surface area contributed by atoms with Crippen molar-refractivity contribution in [3.63, 3.8) is 0 Å². The maximum absolute atomic E-state index is 11.4. The van der Waals surface area contributed by atoms with Gasteiger partial charge in [-0.15, -0.1) is 0 Å². The number of hydrogen-bond acceptors (Lipinski definition) is 4. The lowest BCUT2D eigenvalue weighted by molar-refractivity contribution is -0.124. The Balaban J connectivity index is 4.31. The summed E-state index contributed by atoms with van der Waals surface area (Å²) >= 11 is 0. The van der Waals surface area contributed by atoms with Crippen molar-refractivity contribution in [2.75, 3.05) is 7.05 Å². The van der Waals surface area contributed by atoms with Crippen molar-refractivity contribution in [1.29, 1.82) is 5.26 Å². The van der Waals surface area contributed by atoms with Gasteiger partial charge in [0, 0.05) is 6.04 Å². The Labute approximate surface area is 89.0 Å². The molecule has 0 spiro atoms. The number of nitrogens with two attached hydrogens (primary N) is 1. The number of likely N-dealkylation sites (N-methyl/N-ethyl adjacent to an activating group) is 1. The van der Waals surface area contributed by atoms with E-state index in [1.165, 1.54) is 0 Å². The molecule has 0 aliphatic rings. The number of imide groups is 1. The van der Waals surface area contributed by atoms with Crippen molar-refractivity contribution in [1.82, 2.24) is 10.2 Å². The van der Waals surface area contributed by atoms with Crippen LogP contribution in [0, 0.1) is 11.3 Å². The number of nitriles is 1. The predicted molar refractivity (Wildman–Crippen MR) is 54.6 cm³/mol. The molecule has 0 saturated heterocycles. The van der Waals surface area contributed by atoms with Gasteiger partial charge in [-0.2, -0.15) is 5.26 Å². The number of amides is 3. The van der Waals surface area contributed by atoms with Crippen LogP contribution in [0.1, 0.15) is 20.3 Å². The van der Waals surface area contributed by atoms with E-state index in [1.54, 1.807) is 18.9 Å². The highest BCUT2D eigenvalue weighted by Gasteiger charge is 2.22. The van der Waals surface area contributed by atoms with Crippen molar-refractivity contribution in [3.05, 3.63) is 0 Å². The Morgan fingerprint density at radius 1 is 1.53 bits per heavy atom. The van der Waals surface area contributed by atoms with Gasteiger partial charge in [0.25, 0.3) is 0 Å². The molecule has 3 N–H and O–H groups in total. The standard InChI is InChI=1S/C9H16N4O2/c1-6(4-5-10)13(3)7(2)8(14)12-9(11)15/h6-7H,4H2,1-3H3,(H3,11,12,14,15). The van der Waals surface area contributed by atoms with Crippen LogP contribution in [0.4, 0.5) is 4.79 Å². The third-order valence-corrected chi connectivity index (χ3v) is 2.32. The zero-order valence-corrected chi connectivity index (χ0v) is 9.15. The van der Waals surface area contributed by atoms with Crippen LogP contribution in [0.3, 0.4) is 0 Å². The Morgan fingerprint density at radius 2 is 2.07 bits per heavy atom. The van der Waals surface area contributed by atoms with E-state index in [4.69, 9.17) is 11.0 Å². The molecule has 0 aromatic rings. The average molecular weight is 212 g/mol. The van der Waals surface area contributed by atoms with Crippen molar-refractivity contribution in [2.45, 2.75) is 32.4 Å². The molecule has 0 bridgehead atoms. The summed E-state index contributed by atoms with van der Waals surface area (Å²) in [5, 5.41) is 10.5. The Morgan fingerprint density at radius 3 is 2.47 bits per heavy atom. The molecule has 0 aliphatic carbocycles. The first-order valence-corrected chi connectivity index (χ1v) is 4.59. The van der Waals surface area contributed by atoms with Crippen LogP contribution in [0.5, 0.6) is 0 Å². The largest absolute Gasteiger partial charge is 0.351 e. The molecule has 84 valence electrons. The lowest BCUT2D eigenvalue weighted by Gasteiger charge is -2.27. The summed E-state index contributed by atoms with van der Waals surface area (Å²) in [6, 6.07) is 0.599. The topological polar surface area (TPSA) is 99.2 Å². The van der Waals surface area contributed by atoms with Crippen LogP contribution in [-0.4, -0.2) is 36.0 Å². The second-order valence-corrected chi connectivity index (χ2v) is 3.41. The van der Waals surface area contributed by atoms with Gasteiger partial charge < -0.3 is 5.73 Å². The Kier molecular flexibility index (Phi) is 5.34. The highest BCUT2D eigenvalue weighted by atomic mass is 16.2. The second-order valence-electron chi connectivity index (χ2n) is 3.41. The molecule has 3 amide bonds. The van der Waals surface area contributed by atoms with Gasteiger partial charge in [-0.3, -0.25) is 15.0 Å². The zero-order chi connectivity index (χ0) is 12.0. The lowest BCUT2D eigenvalue weighted by Crippen LogP contribution is -2.49. The summed E-state index contributed by atoms with van der Waals surface area (Å²) in [6.07, 6.45) is 0.324. The van der Waals surface area contributed by atoms with E-state index in [1.807, 2.05) is 18.3 Å². The molecule has 0 fully saturated rings. The lowest BCUT2D eigenvalue weighted by atomic mass is 10.1.